The van der Waals surface area contributed by atoms with Crippen LogP contribution in [0.5, 0.6) is 5.75 Å². The average molecular weight is 399 g/mol. The number of rotatable bonds is 4. The minimum atomic E-state index is -0.399. The van der Waals surface area contributed by atoms with E-state index in [4.69, 9.17) is 25.8 Å². The lowest BCUT2D eigenvalue weighted by atomic mass is 10.1. The number of carbonyl (C=O) groups is 1. The van der Waals surface area contributed by atoms with E-state index in [0.29, 0.717) is 22.9 Å². The maximum atomic E-state index is 12.7. The van der Waals surface area contributed by atoms with Crippen molar-refractivity contribution in [2.75, 3.05) is 6.79 Å². The molecule has 0 N–H and O–H groups in total. The van der Waals surface area contributed by atoms with Gasteiger partial charge in [0.25, 0.3) is 0 Å². The Morgan fingerprint density at radius 3 is 2.96 bits per heavy atom. The van der Waals surface area contributed by atoms with Crippen LogP contribution in [0.15, 0.2) is 42.7 Å². The zero-order valence-electron chi connectivity index (χ0n) is 15.6. The van der Waals surface area contributed by atoms with Crippen molar-refractivity contribution in [2.24, 2.45) is 0 Å². The number of ether oxygens (including phenoxy) is 3. The van der Waals surface area contributed by atoms with Crippen LogP contribution in [0.4, 0.5) is 0 Å². The smallest absolute Gasteiger partial charge is 0.340 e. The first kappa shape index (κ1) is 18.5. The molecular weight excluding hydrogens is 380 g/mol. The molecule has 0 amide bonds. The molecule has 0 saturated carbocycles. The fourth-order valence-corrected chi connectivity index (χ4v) is 3.70. The van der Waals surface area contributed by atoms with Crippen molar-refractivity contribution in [3.63, 3.8) is 0 Å². The van der Waals surface area contributed by atoms with E-state index in [0.717, 1.165) is 28.2 Å². The highest BCUT2D eigenvalue weighted by Crippen LogP contribution is 2.32. The summed E-state index contributed by atoms with van der Waals surface area (Å²) >= 11 is 6.17. The van der Waals surface area contributed by atoms with E-state index in [9.17, 15) is 4.79 Å². The van der Waals surface area contributed by atoms with Gasteiger partial charge in [0, 0.05) is 33.7 Å². The average Bonchev–Trinajstić information content (AvgIpc) is 3.00. The van der Waals surface area contributed by atoms with E-state index in [1.54, 1.807) is 24.5 Å². The number of aromatic nitrogens is 2. The van der Waals surface area contributed by atoms with Crippen molar-refractivity contribution >= 4 is 17.6 Å². The predicted octanol–water partition coefficient (Wildman–Crippen LogP) is 4.37. The number of hydrogen-bond donors (Lipinski definition) is 0. The van der Waals surface area contributed by atoms with Crippen LogP contribution >= 0.6 is 11.6 Å². The second-order valence-electron chi connectivity index (χ2n) is 6.57. The molecule has 3 heterocycles. The van der Waals surface area contributed by atoms with Crippen LogP contribution in [-0.4, -0.2) is 22.3 Å². The van der Waals surface area contributed by atoms with Gasteiger partial charge in [0.2, 0.25) is 0 Å². The fraction of sp³-hybridized carbons (Fsp3) is 0.238. The summed E-state index contributed by atoms with van der Waals surface area (Å²) in [6, 6.07) is 9.17. The standard InChI is InChI=1S/C21H19ClN2O4/c1-13-6-19(14(2)24(13)18-4-3-5-23-9-18)21(25)27-11-16-8-17(22)7-15-10-26-12-28-20(15)16/h3-9H,10-12H2,1-2H3. The quantitative estimate of drug-likeness (QED) is 0.611. The fourth-order valence-electron chi connectivity index (χ4n) is 3.44. The maximum absolute atomic E-state index is 12.7. The summed E-state index contributed by atoms with van der Waals surface area (Å²) in [6.45, 7) is 4.49. The van der Waals surface area contributed by atoms with E-state index in [1.165, 1.54) is 0 Å². The van der Waals surface area contributed by atoms with Crippen molar-refractivity contribution < 1.29 is 19.0 Å². The maximum Gasteiger partial charge on any atom is 0.340 e. The minimum Gasteiger partial charge on any atom is -0.467 e. The van der Waals surface area contributed by atoms with Gasteiger partial charge in [-0.05, 0) is 44.2 Å². The summed E-state index contributed by atoms with van der Waals surface area (Å²) in [7, 11) is 0. The van der Waals surface area contributed by atoms with Gasteiger partial charge in [0.05, 0.1) is 24.1 Å². The molecule has 1 aliphatic heterocycles. The summed E-state index contributed by atoms with van der Waals surface area (Å²) < 4.78 is 18.4. The third kappa shape index (κ3) is 3.48. The molecule has 0 atom stereocenters. The third-order valence-electron chi connectivity index (χ3n) is 4.67. The Hall–Kier alpha value is -2.83. The second-order valence-corrected chi connectivity index (χ2v) is 7.01. The summed E-state index contributed by atoms with van der Waals surface area (Å²) in [5, 5.41) is 0.550. The highest BCUT2D eigenvalue weighted by molar-refractivity contribution is 6.30. The summed E-state index contributed by atoms with van der Waals surface area (Å²) in [6.07, 6.45) is 3.47. The van der Waals surface area contributed by atoms with Gasteiger partial charge in [-0.25, -0.2) is 4.79 Å². The Kier molecular flexibility index (Phi) is 5.07. The first-order valence-corrected chi connectivity index (χ1v) is 9.20. The number of fused-ring (bicyclic) bond motifs is 1. The monoisotopic (exact) mass is 398 g/mol. The molecule has 0 radical (unpaired) electrons. The lowest BCUT2D eigenvalue weighted by molar-refractivity contribution is -0.0180. The predicted molar refractivity (Wildman–Crippen MR) is 104 cm³/mol. The zero-order chi connectivity index (χ0) is 19.7. The molecule has 1 aliphatic rings. The molecule has 144 valence electrons. The van der Waals surface area contributed by atoms with Gasteiger partial charge in [-0.1, -0.05) is 11.6 Å². The first-order chi connectivity index (χ1) is 13.5. The number of carbonyl (C=O) groups excluding carboxylic acids is 1. The summed E-state index contributed by atoms with van der Waals surface area (Å²) in [5.74, 6) is 0.272. The van der Waals surface area contributed by atoms with Gasteiger partial charge in [-0.15, -0.1) is 0 Å². The first-order valence-electron chi connectivity index (χ1n) is 8.83. The molecule has 6 nitrogen and oxygen atoms in total. The van der Waals surface area contributed by atoms with E-state index >= 15 is 0 Å². The lowest BCUT2D eigenvalue weighted by Gasteiger charge is -2.21. The topological polar surface area (TPSA) is 62.6 Å². The van der Waals surface area contributed by atoms with Crippen LogP contribution in [0.2, 0.25) is 5.02 Å². The van der Waals surface area contributed by atoms with Crippen LogP contribution in [0.3, 0.4) is 0 Å². The van der Waals surface area contributed by atoms with E-state index in [-0.39, 0.29) is 13.4 Å². The highest BCUT2D eigenvalue weighted by atomic mass is 35.5. The largest absolute Gasteiger partial charge is 0.467 e. The minimum absolute atomic E-state index is 0.0677. The molecule has 0 bridgehead atoms. The molecule has 2 aromatic heterocycles. The normalized spacial score (nSPS) is 13.0. The molecule has 4 rings (SSSR count). The van der Waals surface area contributed by atoms with Gasteiger partial charge in [0.15, 0.2) is 6.79 Å². The van der Waals surface area contributed by atoms with Crippen molar-refractivity contribution in [3.8, 4) is 11.4 Å². The molecular formula is C21H19ClN2O4. The molecule has 0 saturated heterocycles. The number of benzene rings is 1. The number of aryl methyl sites for hydroxylation is 1. The van der Waals surface area contributed by atoms with E-state index < -0.39 is 5.97 Å². The number of nitrogens with zero attached hydrogens (tertiary/aromatic N) is 2. The molecule has 0 aliphatic carbocycles. The van der Waals surface area contributed by atoms with E-state index in [1.807, 2.05) is 36.6 Å². The van der Waals surface area contributed by atoms with Crippen molar-refractivity contribution in [1.82, 2.24) is 9.55 Å². The number of halogens is 1. The highest BCUT2D eigenvalue weighted by Gasteiger charge is 2.21. The Morgan fingerprint density at radius 2 is 2.18 bits per heavy atom. The second kappa shape index (κ2) is 7.66. The lowest BCUT2D eigenvalue weighted by Crippen LogP contribution is -2.14. The number of pyridine rings is 1. The van der Waals surface area contributed by atoms with Gasteiger partial charge in [-0.3, -0.25) is 4.98 Å². The number of hydrogen-bond acceptors (Lipinski definition) is 5. The molecule has 0 fully saturated rings. The Labute approximate surface area is 167 Å². The summed E-state index contributed by atoms with van der Waals surface area (Å²) in [4.78, 5) is 16.9. The Balaban J connectivity index is 1.57. The molecule has 7 heteroatoms. The van der Waals surface area contributed by atoms with Gasteiger partial charge in [0.1, 0.15) is 12.4 Å². The Bertz CT molecular complexity index is 1030. The molecule has 1 aromatic carbocycles. The Morgan fingerprint density at radius 1 is 1.32 bits per heavy atom. The SMILES string of the molecule is Cc1cc(C(=O)OCc2cc(Cl)cc3c2OCOC3)c(C)n1-c1cccnc1. The van der Waals surface area contributed by atoms with Crippen molar-refractivity contribution in [3.05, 3.63) is 75.8 Å². The molecule has 0 unspecified atom stereocenters. The molecule has 0 spiro atoms. The van der Waals surface area contributed by atoms with E-state index in [2.05, 4.69) is 4.98 Å². The van der Waals surface area contributed by atoms with Crippen LogP contribution in [0, 0.1) is 13.8 Å². The van der Waals surface area contributed by atoms with Gasteiger partial charge in [-0.2, -0.15) is 0 Å². The zero-order valence-corrected chi connectivity index (χ0v) is 16.3. The molecule has 3 aromatic rings. The number of esters is 1. The van der Waals surface area contributed by atoms with Crippen LogP contribution in [0.1, 0.15) is 32.9 Å². The summed E-state index contributed by atoms with van der Waals surface area (Å²) in [5.41, 5.74) is 4.71. The van der Waals surface area contributed by atoms with Crippen molar-refractivity contribution in [2.45, 2.75) is 27.1 Å². The van der Waals surface area contributed by atoms with Crippen molar-refractivity contribution in [1.29, 1.82) is 0 Å². The van der Waals surface area contributed by atoms with Crippen LogP contribution < -0.4 is 4.74 Å². The molecule has 28 heavy (non-hydrogen) atoms. The van der Waals surface area contributed by atoms with Crippen LogP contribution in [-0.2, 0) is 22.7 Å². The van der Waals surface area contributed by atoms with Gasteiger partial charge < -0.3 is 18.8 Å². The third-order valence-corrected chi connectivity index (χ3v) is 4.88. The van der Waals surface area contributed by atoms with Crippen LogP contribution in [0.25, 0.3) is 5.69 Å². The van der Waals surface area contributed by atoms with Gasteiger partial charge >= 0.3 is 5.97 Å².